The van der Waals surface area contributed by atoms with Crippen molar-refractivity contribution in [3.63, 3.8) is 0 Å². The van der Waals surface area contributed by atoms with Crippen LogP contribution in [0, 0.1) is 6.92 Å². The molecule has 2 atom stereocenters. The quantitative estimate of drug-likeness (QED) is 0.491. The monoisotopic (exact) mass is 520 g/mol. The molecule has 3 aromatic rings. The highest BCUT2D eigenvalue weighted by Gasteiger charge is 2.56. The van der Waals surface area contributed by atoms with Crippen LogP contribution in [0.4, 0.5) is 33.3 Å². The van der Waals surface area contributed by atoms with Crippen molar-refractivity contribution in [1.29, 1.82) is 0 Å². The number of aliphatic hydroxyl groups excluding tert-OH is 1. The number of hydrogen-bond donors (Lipinski definition) is 2. The Morgan fingerprint density at radius 1 is 1.19 bits per heavy atom. The first-order valence-electron chi connectivity index (χ1n) is 11.3. The largest absolute Gasteiger partial charge is 0.433 e. The standard InChI is InChI=1S/C25H21F5N4O3/c1-13-2-3-16(33-23(36)14-4-5-31-19(9-14)25(28,29)30)10-17(13)15-8-18-21(32-11-15)22(35)24(26,27)20-12-37-7-6-34(18)20/h2-5,8-11,20,22,35H,6-7,12H2,1H3,(H,33,36)/t20?,22-/m0/s1. The minimum atomic E-state index is -4.69. The molecule has 0 radical (unpaired) electrons. The van der Waals surface area contributed by atoms with E-state index in [-0.39, 0.29) is 31.0 Å². The van der Waals surface area contributed by atoms with Crippen LogP contribution in [0.1, 0.15) is 33.4 Å². The van der Waals surface area contributed by atoms with Gasteiger partial charge in [-0.05, 0) is 48.4 Å². The molecule has 37 heavy (non-hydrogen) atoms. The van der Waals surface area contributed by atoms with Gasteiger partial charge in [0.1, 0.15) is 11.7 Å². The number of fused-ring (bicyclic) bond motifs is 3. The fourth-order valence-electron chi connectivity index (χ4n) is 4.57. The molecule has 1 aromatic carbocycles. The van der Waals surface area contributed by atoms with E-state index in [1.165, 1.54) is 17.2 Å². The van der Waals surface area contributed by atoms with Gasteiger partial charge in [0, 0.05) is 35.8 Å². The van der Waals surface area contributed by atoms with Crippen molar-refractivity contribution in [2.75, 3.05) is 30.0 Å². The van der Waals surface area contributed by atoms with Crippen LogP contribution < -0.4 is 10.2 Å². The van der Waals surface area contributed by atoms with Gasteiger partial charge in [-0.2, -0.15) is 13.2 Å². The molecule has 5 rings (SSSR count). The topological polar surface area (TPSA) is 87.6 Å². The number of benzene rings is 1. The molecule has 194 valence electrons. The van der Waals surface area contributed by atoms with Crippen LogP contribution in [-0.4, -0.2) is 52.7 Å². The van der Waals surface area contributed by atoms with Gasteiger partial charge in [-0.3, -0.25) is 14.8 Å². The molecule has 2 N–H and O–H groups in total. The Bertz CT molecular complexity index is 1360. The first kappa shape index (κ1) is 25.0. The first-order valence-corrected chi connectivity index (χ1v) is 11.3. The Labute approximate surface area is 207 Å². The lowest BCUT2D eigenvalue weighted by atomic mass is 9.91. The van der Waals surface area contributed by atoms with E-state index in [1.54, 1.807) is 31.2 Å². The maximum absolute atomic E-state index is 14.8. The summed E-state index contributed by atoms with van der Waals surface area (Å²) in [6.07, 6.45) is -4.50. The van der Waals surface area contributed by atoms with E-state index in [0.717, 1.165) is 11.8 Å². The second-order valence-electron chi connectivity index (χ2n) is 8.90. The highest BCUT2D eigenvalue weighted by atomic mass is 19.4. The van der Waals surface area contributed by atoms with Crippen molar-refractivity contribution < 1.29 is 36.6 Å². The minimum Gasteiger partial charge on any atom is -0.380 e. The Kier molecular flexibility index (Phi) is 6.11. The van der Waals surface area contributed by atoms with Crippen LogP contribution in [0.15, 0.2) is 48.8 Å². The Hall–Kier alpha value is -3.64. The maximum Gasteiger partial charge on any atom is 0.433 e. The summed E-state index contributed by atoms with van der Waals surface area (Å²) < 4.78 is 73.7. The predicted octanol–water partition coefficient (Wildman–Crippen LogP) is 4.61. The van der Waals surface area contributed by atoms with Gasteiger partial charge in [0.25, 0.3) is 5.91 Å². The molecule has 1 amide bonds. The Balaban J connectivity index is 1.47. The van der Waals surface area contributed by atoms with Gasteiger partial charge in [0.2, 0.25) is 0 Å². The molecular formula is C25H21F5N4O3. The van der Waals surface area contributed by atoms with Crippen LogP contribution in [0.3, 0.4) is 0 Å². The summed E-state index contributed by atoms with van der Waals surface area (Å²) >= 11 is 0. The Morgan fingerprint density at radius 2 is 1.97 bits per heavy atom. The number of anilines is 2. The summed E-state index contributed by atoms with van der Waals surface area (Å²) in [6, 6.07) is 7.08. The van der Waals surface area contributed by atoms with Gasteiger partial charge in [-0.1, -0.05) is 6.07 Å². The number of halogens is 5. The van der Waals surface area contributed by atoms with Crippen molar-refractivity contribution >= 4 is 17.3 Å². The third kappa shape index (κ3) is 4.51. The van der Waals surface area contributed by atoms with Gasteiger partial charge < -0.3 is 20.1 Å². The number of alkyl halides is 5. The summed E-state index contributed by atoms with van der Waals surface area (Å²) in [7, 11) is 0. The lowest BCUT2D eigenvalue weighted by Gasteiger charge is -2.47. The number of amides is 1. The maximum atomic E-state index is 14.8. The molecule has 0 aliphatic carbocycles. The van der Waals surface area contributed by atoms with E-state index >= 15 is 0 Å². The third-order valence-electron chi connectivity index (χ3n) is 6.52. The summed E-state index contributed by atoms with van der Waals surface area (Å²) in [6.45, 7) is 2.02. The van der Waals surface area contributed by atoms with Gasteiger partial charge in [-0.15, -0.1) is 0 Å². The molecule has 1 saturated heterocycles. The van der Waals surface area contributed by atoms with Crippen molar-refractivity contribution in [1.82, 2.24) is 9.97 Å². The number of ether oxygens (including phenoxy) is 1. The summed E-state index contributed by atoms with van der Waals surface area (Å²) in [5.41, 5.74) is 1.11. The second kappa shape index (κ2) is 9.03. The van der Waals surface area contributed by atoms with Crippen LogP contribution in [0.2, 0.25) is 0 Å². The molecule has 2 aromatic heterocycles. The zero-order valence-corrected chi connectivity index (χ0v) is 19.4. The average molecular weight is 520 g/mol. The van der Waals surface area contributed by atoms with E-state index in [1.807, 2.05) is 0 Å². The van der Waals surface area contributed by atoms with Gasteiger partial charge in [-0.25, -0.2) is 8.78 Å². The minimum absolute atomic E-state index is 0.132. The van der Waals surface area contributed by atoms with Gasteiger partial charge in [0.05, 0.1) is 24.6 Å². The zero-order chi connectivity index (χ0) is 26.5. The van der Waals surface area contributed by atoms with E-state index in [0.29, 0.717) is 28.6 Å². The molecule has 1 fully saturated rings. The van der Waals surface area contributed by atoms with Crippen molar-refractivity contribution in [3.8, 4) is 11.1 Å². The molecule has 1 unspecified atom stereocenters. The first-order chi connectivity index (χ1) is 17.5. The zero-order valence-electron chi connectivity index (χ0n) is 19.4. The number of pyridine rings is 2. The van der Waals surface area contributed by atoms with Gasteiger partial charge in [0.15, 0.2) is 6.10 Å². The van der Waals surface area contributed by atoms with Crippen molar-refractivity contribution in [2.45, 2.75) is 31.2 Å². The summed E-state index contributed by atoms with van der Waals surface area (Å²) in [5.74, 6) is -4.20. The number of hydrogen-bond acceptors (Lipinski definition) is 6. The van der Waals surface area contributed by atoms with Crippen molar-refractivity contribution in [2.24, 2.45) is 0 Å². The molecule has 7 nitrogen and oxygen atoms in total. The lowest BCUT2D eigenvalue weighted by Crippen LogP contribution is -2.60. The predicted molar refractivity (Wildman–Crippen MR) is 123 cm³/mol. The van der Waals surface area contributed by atoms with Crippen molar-refractivity contribution in [3.05, 3.63) is 71.3 Å². The number of morpholine rings is 1. The number of rotatable bonds is 3. The van der Waals surface area contributed by atoms with E-state index in [9.17, 15) is 31.9 Å². The number of aryl methyl sites for hydroxylation is 1. The van der Waals surface area contributed by atoms with E-state index < -0.39 is 35.8 Å². The van der Waals surface area contributed by atoms with Gasteiger partial charge >= 0.3 is 12.1 Å². The average Bonchev–Trinajstić information content (AvgIpc) is 2.88. The molecule has 0 bridgehead atoms. The normalized spacial score (nSPS) is 20.7. The SMILES string of the molecule is Cc1ccc(NC(=O)c2ccnc(C(F)(F)F)c2)cc1-c1cnc2c(c1)N1CCOCC1C(F)(F)[C@H]2O. The smallest absolute Gasteiger partial charge is 0.380 e. The number of aliphatic hydroxyl groups is 1. The highest BCUT2D eigenvalue weighted by Crippen LogP contribution is 2.47. The summed E-state index contributed by atoms with van der Waals surface area (Å²) in [5, 5.41) is 12.9. The fraction of sp³-hybridized carbons (Fsp3) is 0.320. The Morgan fingerprint density at radius 3 is 2.73 bits per heavy atom. The number of nitrogens with zero attached hydrogens (tertiary/aromatic N) is 3. The van der Waals surface area contributed by atoms with E-state index in [2.05, 4.69) is 15.3 Å². The second-order valence-corrected chi connectivity index (χ2v) is 8.90. The number of carbonyl (C=O) groups is 1. The molecule has 12 heteroatoms. The number of aromatic nitrogens is 2. The number of carbonyl (C=O) groups excluding carboxylic acids is 1. The molecule has 4 heterocycles. The molecule has 2 aliphatic heterocycles. The van der Waals surface area contributed by atoms with E-state index in [4.69, 9.17) is 4.74 Å². The summed E-state index contributed by atoms with van der Waals surface area (Å²) in [4.78, 5) is 21.5. The van der Waals surface area contributed by atoms with Crippen LogP contribution in [-0.2, 0) is 10.9 Å². The van der Waals surface area contributed by atoms with Crippen LogP contribution >= 0.6 is 0 Å². The van der Waals surface area contributed by atoms with Crippen LogP contribution in [0.5, 0.6) is 0 Å². The highest BCUT2D eigenvalue weighted by molar-refractivity contribution is 6.04. The third-order valence-corrected chi connectivity index (χ3v) is 6.52. The van der Waals surface area contributed by atoms with Crippen LogP contribution in [0.25, 0.3) is 11.1 Å². The fourth-order valence-corrected chi connectivity index (χ4v) is 4.57. The number of nitrogens with one attached hydrogen (secondary N) is 1. The molecule has 0 spiro atoms. The molecule has 2 aliphatic rings. The molecular weight excluding hydrogens is 499 g/mol. The molecule has 0 saturated carbocycles. The lowest BCUT2D eigenvalue weighted by molar-refractivity contribution is -0.153.